The maximum atomic E-state index is 13.3. The number of nitrogen functional groups attached to an aromatic ring is 1. The Labute approximate surface area is 118 Å². The SMILES string of the molecule is Nc1ccc(S(=O)(=O)NCC2(CO)CCCC2)cc1F. The molecule has 0 radical (unpaired) electrons. The van der Waals surface area contributed by atoms with Crippen molar-refractivity contribution in [2.45, 2.75) is 30.6 Å². The highest BCUT2D eigenvalue weighted by Gasteiger charge is 2.34. The Morgan fingerprint density at radius 3 is 2.55 bits per heavy atom. The molecular formula is C13H19FN2O3S. The Kier molecular flexibility index (Phi) is 4.31. The molecule has 0 atom stereocenters. The zero-order chi connectivity index (χ0) is 14.8. The Morgan fingerprint density at radius 2 is 2.00 bits per heavy atom. The number of anilines is 1. The minimum Gasteiger partial charge on any atom is -0.396 e. The van der Waals surface area contributed by atoms with Crippen LogP contribution in [0.4, 0.5) is 10.1 Å². The summed E-state index contributed by atoms with van der Waals surface area (Å²) in [5.74, 6) is -0.759. The number of hydrogen-bond donors (Lipinski definition) is 3. The van der Waals surface area contributed by atoms with E-state index in [1.165, 1.54) is 12.1 Å². The monoisotopic (exact) mass is 302 g/mol. The largest absolute Gasteiger partial charge is 0.396 e. The zero-order valence-corrected chi connectivity index (χ0v) is 11.9. The van der Waals surface area contributed by atoms with Crippen molar-refractivity contribution in [3.05, 3.63) is 24.0 Å². The van der Waals surface area contributed by atoms with E-state index >= 15 is 0 Å². The van der Waals surface area contributed by atoms with E-state index in [2.05, 4.69) is 4.72 Å². The highest BCUT2D eigenvalue weighted by Crippen LogP contribution is 2.37. The normalized spacial score (nSPS) is 18.3. The van der Waals surface area contributed by atoms with Gasteiger partial charge in [-0.25, -0.2) is 17.5 Å². The lowest BCUT2D eigenvalue weighted by atomic mass is 9.88. The molecule has 112 valence electrons. The van der Waals surface area contributed by atoms with Crippen LogP contribution in [0, 0.1) is 11.2 Å². The molecule has 0 amide bonds. The van der Waals surface area contributed by atoms with Crippen molar-refractivity contribution >= 4 is 15.7 Å². The fraction of sp³-hybridized carbons (Fsp3) is 0.538. The third-order valence-corrected chi connectivity index (χ3v) is 5.32. The van der Waals surface area contributed by atoms with Gasteiger partial charge in [-0.15, -0.1) is 0 Å². The number of nitrogens with two attached hydrogens (primary N) is 1. The van der Waals surface area contributed by atoms with Gasteiger partial charge < -0.3 is 10.8 Å². The first-order valence-corrected chi connectivity index (χ1v) is 8.02. The predicted molar refractivity (Wildman–Crippen MR) is 74.0 cm³/mol. The van der Waals surface area contributed by atoms with E-state index in [1.54, 1.807) is 0 Å². The number of aliphatic hydroxyl groups excluding tert-OH is 1. The van der Waals surface area contributed by atoms with E-state index in [-0.39, 0.29) is 29.1 Å². The molecule has 4 N–H and O–H groups in total. The molecule has 1 fully saturated rings. The summed E-state index contributed by atoms with van der Waals surface area (Å²) >= 11 is 0. The van der Waals surface area contributed by atoms with E-state index in [1.807, 2.05) is 0 Å². The molecule has 0 aliphatic heterocycles. The molecule has 1 aromatic carbocycles. The second-order valence-corrected chi connectivity index (χ2v) is 7.14. The van der Waals surface area contributed by atoms with Crippen LogP contribution in [-0.2, 0) is 10.0 Å². The summed E-state index contributed by atoms with van der Waals surface area (Å²) in [6, 6.07) is 3.39. The fourth-order valence-electron chi connectivity index (χ4n) is 2.52. The second kappa shape index (κ2) is 5.67. The molecular weight excluding hydrogens is 283 g/mol. The summed E-state index contributed by atoms with van der Waals surface area (Å²) in [7, 11) is -3.79. The van der Waals surface area contributed by atoms with Gasteiger partial charge in [0, 0.05) is 18.6 Å². The first kappa shape index (κ1) is 15.2. The van der Waals surface area contributed by atoms with Gasteiger partial charge in [0.25, 0.3) is 0 Å². The van der Waals surface area contributed by atoms with Crippen molar-refractivity contribution in [3.8, 4) is 0 Å². The van der Waals surface area contributed by atoms with Crippen molar-refractivity contribution in [3.63, 3.8) is 0 Å². The van der Waals surface area contributed by atoms with E-state index in [9.17, 15) is 17.9 Å². The van der Waals surface area contributed by atoms with Crippen LogP contribution in [0.3, 0.4) is 0 Å². The number of nitrogens with one attached hydrogen (secondary N) is 1. The molecule has 0 unspecified atom stereocenters. The van der Waals surface area contributed by atoms with Crippen molar-refractivity contribution in [2.24, 2.45) is 5.41 Å². The Bertz CT molecular complexity index is 583. The summed E-state index contributed by atoms with van der Waals surface area (Å²) < 4.78 is 40.0. The Hall–Kier alpha value is -1.18. The average Bonchev–Trinajstić information content (AvgIpc) is 2.89. The van der Waals surface area contributed by atoms with Crippen LogP contribution in [0.5, 0.6) is 0 Å². The van der Waals surface area contributed by atoms with Crippen LogP contribution in [-0.4, -0.2) is 26.7 Å². The van der Waals surface area contributed by atoms with Gasteiger partial charge in [0.1, 0.15) is 5.82 Å². The van der Waals surface area contributed by atoms with Crippen LogP contribution < -0.4 is 10.5 Å². The molecule has 5 nitrogen and oxygen atoms in total. The van der Waals surface area contributed by atoms with Crippen LogP contribution in [0.2, 0.25) is 0 Å². The van der Waals surface area contributed by atoms with Gasteiger partial charge in [-0.1, -0.05) is 12.8 Å². The molecule has 0 saturated heterocycles. The molecule has 1 aromatic rings. The number of hydrogen-bond acceptors (Lipinski definition) is 4. The number of sulfonamides is 1. The molecule has 0 heterocycles. The van der Waals surface area contributed by atoms with Gasteiger partial charge in [-0.3, -0.25) is 0 Å². The molecule has 1 aliphatic rings. The van der Waals surface area contributed by atoms with Crippen LogP contribution in [0.25, 0.3) is 0 Å². The van der Waals surface area contributed by atoms with Gasteiger partial charge in [0.2, 0.25) is 10.0 Å². The number of rotatable bonds is 5. The zero-order valence-electron chi connectivity index (χ0n) is 11.1. The first-order valence-electron chi connectivity index (χ1n) is 6.54. The summed E-state index contributed by atoms with van der Waals surface area (Å²) in [6.45, 7) is 0.115. The van der Waals surface area contributed by atoms with Crippen molar-refractivity contribution in [1.82, 2.24) is 4.72 Å². The lowest BCUT2D eigenvalue weighted by molar-refractivity contribution is 0.134. The minimum atomic E-state index is -3.79. The molecule has 7 heteroatoms. The summed E-state index contributed by atoms with van der Waals surface area (Å²) in [6.07, 6.45) is 3.56. The van der Waals surface area contributed by atoms with Gasteiger partial charge in [-0.05, 0) is 31.0 Å². The molecule has 0 bridgehead atoms. The van der Waals surface area contributed by atoms with Gasteiger partial charge >= 0.3 is 0 Å². The third-order valence-electron chi connectivity index (χ3n) is 3.92. The van der Waals surface area contributed by atoms with Crippen molar-refractivity contribution in [1.29, 1.82) is 0 Å². The molecule has 1 aliphatic carbocycles. The molecule has 2 rings (SSSR count). The lowest BCUT2D eigenvalue weighted by Crippen LogP contribution is -2.38. The summed E-state index contributed by atoms with van der Waals surface area (Å²) in [5.41, 5.74) is 4.84. The quantitative estimate of drug-likeness (QED) is 0.714. The van der Waals surface area contributed by atoms with Gasteiger partial charge in [0.05, 0.1) is 10.6 Å². The first-order chi connectivity index (χ1) is 9.38. The maximum absolute atomic E-state index is 13.3. The second-order valence-electron chi connectivity index (χ2n) is 5.37. The van der Waals surface area contributed by atoms with E-state index in [4.69, 9.17) is 5.73 Å². The van der Waals surface area contributed by atoms with Gasteiger partial charge in [-0.2, -0.15) is 0 Å². The minimum absolute atomic E-state index is 0.0500. The Balaban J connectivity index is 2.13. The van der Waals surface area contributed by atoms with Crippen LogP contribution >= 0.6 is 0 Å². The van der Waals surface area contributed by atoms with E-state index < -0.39 is 15.8 Å². The highest BCUT2D eigenvalue weighted by atomic mass is 32.2. The third kappa shape index (κ3) is 3.11. The molecule has 0 spiro atoms. The molecule has 0 aromatic heterocycles. The Morgan fingerprint density at radius 1 is 1.35 bits per heavy atom. The van der Waals surface area contributed by atoms with Gasteiger partial charge in [0.15, 0.2) is 0 Å². The number of halogens is 1. The van der Waals surface area contributed by atoms with Crippen LogP contribution in [0.1, 0.15) is 25.7 Å². The lowest BCUT2D eigenvalue weighted by Gasteiger charge is -2.26. The highest BCUT2D eigenvalue weighted by molar-refractivity contribution is 7.89. The summed E-state index contributed by atoms with van der Waals surface area (Å²) in [4.78, 5) is -0.157. The average molecular weight is 302 g/mol. The number of benzene rings is 1. The standard InChI is InChI=1S/C13H19FN2O3S/c14-11-7-10(3-4-12(11)15)20(18,19)16-8-13(9-17)5-1-2-6-13/h3-4,7,16-17H,1-2,5-6,8-9,15H2. The summed E-state index contributed by atoms with van der Waals surface area (Å²) in [5, 5.41) is 9.45. The number of aliphatic hydroxyl groups is 1. The molecule has 1 saturated carbocycles. The van der Waals surface area contributed by atoms with E-state index in [0.717, 1.165) is 31.7 Å². The fourth-order valence-corrected chi connectivity index (χ4v) is 3.69. The van der Waals surface area contributed by atoms with Crippen LogP contribution in [0.15, 0.2) is 23.1 Å². The molecule has 20 heavy (non-hydrogen) atoms. The van der Waals surface area contributed by atoms with E-state index in [0.29, 0.717) is 0 Å². The van der Waals surface area contributed by atoms with Crippen molar-refractivity contribution in [2.75, 3.05) is 18.9 Å². The van der Waals surface area contributed by atoms with Crippen molar-refractivity contribution < 1.29 is 17.9 Å². The maximum Gasteiger partial charge on any atom is 0.240 e. The smallest absolute Gasteiger partial charge is 0.240 e. The topological polar surface area (TPSA) is 92.4 Å². The predicted octanol–water partition coefficient (Wildman–Crippen LogP) is 1.24.